The number of methoxy groups -OCH3 is 2. The Morgan fingerprint density at radius 2 is 1.86 bits per heavy atom. The van der Waals surface area contributed by atoms with Crippen molar-refractivity contribution in [1.29, 1.82) is 5.26 Å². The molecule has 1 rings (SSSR count). The van der Waals surface area contributed by atoms with E-state index in [0.717, 1.165) is 5.56 Å². The van der Waals surface area contributed by atoms with Crippen LogP contribution in [-0.2, 0) is 0 Å². The van der Waals surface area contributed by atoms with Gasteiger partial charge in [-0.1, -0.05) is 6.07 Å². The standard InChI is InChI=1S/C11H13NO2/c1-8(7-12)9-4-5-10(13-2)11(6-9)14-3/h4-6,8H,1-3H3/t8-/m1/s1. The molecular formula is C11H13NO2. The predicted octanol–water partition coefficient (Wildman–Crippen LogP) is 2.33. The lowest BCUT2D eigenvalue weighted by molar-refractivity contribution is 0.354. The third-order valence-electron chi connectivity index (χ3n) is 2.10. The van der Waals surface area contributed by atoms with E-state index in [4.69, 9.17) is 14.7 Å². The Bertz CT molecular complexity index is 355. The average Bonchev–Trinajstić information content (AvgIpc) is 2.26. The zero-order valence-electron chi connectivity index (χ0n) is 8.57. The maximum absolute atomic E-state index is 8.76. The van der Waals surface area contributed by atoms with Crippen molar-refractivity contribution in [3.8, 4) is 17.6 Å². The third kappa shape index (κ3) is 1.97. The molecule has 0 unspecified atom stereocenters. The second kappa shape index (κ2) is 4.52. The van der Waals surface area contributed by atoms with E-state index in [0.29, 0.717) is 11.5 Å². The molecule has 0 fully saturated rings. The van der Waals surface area contributed by atoms with E-state index in [1.54, 1.807) is 14.2 Å². The molecule has 1 aromatic carbocycles. The van der Waals surface area contributed by atoms with E-state index in [9.17, 15) is 0 Å². The van der Waals surface area contributed by atoms with E-state index < -0.39 is 0 Å². The van der Waals surface area contributed by atoms with Gasteiger partial charge in [-0.3, -0.25) is 0 Å². The number of hydrogen-bond donors (Lipinski definition) is 0. The smallest absolute Gasteiger partial charge is 0.161 e. The van der Waals surface area contributed by atoms with Crippen LogP contribution in [0.4, 0.5) is 0 Å². The topological polar surface area (TPSA) is 42.2 Å². The van der Waals surface area contributed by atoms with Crippen LogP contribution in [0.1, 0.15) is 18.4 Å². The molecule has 1 aromatic rings. The Morgan fingerprint density at radius 3 is 2.36 bits per heavy atom. The minimum absolute atomic E-state index is 0.130. The van der Waals surface area contributed by atoms with Crippen molar-refractivity contribution < 1.29 is 9.47 Å². The van der Waals surface area contributed by atoms with Crippen LogP contribution in [0.25, 0.3) is 0 Å². The van der Waals surface area contributed by atoms with Crippen LogP contribution in [-0.4, -0.2) is 14.2 Å². The number of nitriles is 1. The highest BCUT2D eigenvalue weighted by molar-refractivity contribution is 5.44. The summed E-state index contributed by atoms with van der Waals surface area (Å²) in [4.78, 5) is 0. The second-order valence-corrected chi connectivity index (χ2v) is 2.97. The van der Waals surface area contributed by atoms with Crippen molar-refractivity contribution in [3.63, 3.8) is 0 Å². The number of ether oxygens (including phenoxy) is 2. The van der Waals surface area contributed by atoms with Gasteiger partial charge in [-0.15, -0.1) is 0 Å². The molecule has 0 N–H and O–H groups in total. The molecule has 0 saturated carbocycles. The van der Waals surface area contributed by atoms with E-state index in [-0.39, 0.29) is 5.92 Å². The fourth-order valence-corrected chi connectivity index (χ4v) is 1.20. The predicted molar refractivity (Wildman–Crippen MR) is 53.6 cm³/mol. The van der Waals surface area contributed by atoms with Gasteiger partial charge in [-0.25, -0.2) is 0 Å². The van der Waals surface area contributed by atoms with E-state index >= 15 is 0 Å². The van der Waals surface area contributed by atoms with Crippen LogP contribution in [0.5, 0.6) is 11.5 Å². The van der Waals surface area contributed by atoms with Gasteiger partial charge in [0.2, 0.25) is 0 Å². The maximum atomic E-state index is 8.76. The molecule has 3 heteroatoms. The largest absolute Gasteiger partial charge is 0.493 e. The molecule has 1 atom stereocenters. The van der Waals surface area contributed by atoms with Crippen LogP contribution in [0.15, 0.2) is 18.2 Å². The van der Waals surface area contributed by atoms with Gasteiger partial charge in [0.05, 0.1) is 26.2 Å². The van der Waals surface area contributed by atoms with Crippen LogP contribution in [0.2, 0.25) is 0 Å². The van der Waals surface area contributed by atoms with Gasteiger partial charge >= 0.3 is 0 Å². The summed E-state index contributed by atoms with van der Waals surface area (Å²) in [5, 5.41) is 8.76. The minimum Gasteiger partial charge on any atom is -0.493 e. The van der Waals surface area contributed by atoms with Gasteiger partial charge < -0.3 is 9.47 Å². The molecule has 0 spiro atoms. The van der Waals surface area contributed by atoms with Gasteiger partial charge in [-0.2, -0.15) is 5.26 Å². The lowest BCUT2D eigenvalue weighted by Crippen LogP contribution is -1.94. The van der Waals surface area contributed by atoms with Crippen LogP contribution >= 0.6 is 0 Å². The summed E-state index contributed by atoms with van der Waals surface area (Å²) in [6, 6.07) is 7.68. The quantitative estimate of drug-likeness (QED) is 0.736. The number of hydrogen-bond acceptors (Lipinski definition) is 3. The molecule has 0 bridgehead atoms. The highest BCUT2D eigenvalue weighted by Crippen LogP contribution is 2.30. The highest BCUT2D eigenvalue weighted by Gasteiger charge is 2.08. The summed E-state index contributed by atoms with van der Waals surface area (Å²) >= 11 is 0. The van der Waals surface area contributed by atoms with Crippen LogP contribution in [0, 0.1) is 11.3 Å². The van der Waals surface area contributed by atoms with Crippen molar-refractivity contribution in [2.75, 3.05) is 14.2 Å². The van der Waals surface area contributed by atoms with Crippen molar-refractivity contribution in [2.45, 2.75) is 12.8 Å². The zero-order chi connectivity index (χ0) is 10.6. The molecule has 0 aliphatic carbocycles. The molecule has 3 nitrogen and oxygen atoms in total. The Morgan fingerprint density at radius 1 is 1.21 bits per heavy atom. The normalized spacial score (nSPS) is 11.6. The lowest BCUT2D eigenvalue weighted by atomic mass is 10.0. The Balaban J connectivity index is 3.08. The van der Waals surface area contributed by atoms with Crippen molar-refractivity contribution in [2.24, 2.45) is 0 Å². The summed E-state index contributed by atoms with van der Waals surface area (Å²) in [5.41, 5.74) is 0.935. The zero-order valence-corrected chi connectivity index (χ0v) is 8.57. The molecule has 0 amide bonds. The summed E-state index contributed by atoms with van der Waals surface area (Å²) in [5.74, 6) is 1.21. The van der Waals surface area contributed by atoms with Gasteiger partial charge in [-0.05, 0) is 24.6 Å². The van der Waals surface area contributed by atoms with E-state index in [1.807, 2.05) is 25.1 Å². The molecule has 0 aliphatic rings. The number of benzene rings is 1. The molecule has 74 valence electrons. The van der Waals surface area contributed by atoms with Gasteiger partial charge in [0, 0.05) is 0 Å². The molecule has 0 aliphatic heterocycles. The Hall–Kier alpha value is -1.69. The molecule has 0 aromatic heterocycles. The van der Waals surface area contributed by atoms with Crippen LogP contribution < -0.4 is 9.47 Å². The second-order valence-electron chi connectivity index (χ2n) is 2.97. The monoisotopic (exact) mass is 191 g/mol. The Kier molecular flexibility index (Phi) is 3.35. The first-order valence-corrected chi connectivity index (χ1v) is 4.34. The van der Waals surface area contributed by atoms with Gasteiger partial charge in [0.25, 0.3) is 0 Å². The third-order valence-corrected chi connectivity index (χ3v) is 2.10. The summed E-state index contributed by atoms with van der Waals surface area (Å²) < 4.78 is 10.2. The van der Waals surface area contributed by atoms with Crippen molar-refractivity contribution >= 4 is 0 Å². The highest BCUT2D eigenvalue weighted by atomic mass is 16.5. The first kappa shape index (κ1) is 10.4. The van der Waals surface area contributed by atoms with Crippen LogP contribution in [0.3, 0.4) is 0 Å². The average molecular weight is 191 g/mol. The van der Waals surface area contributed by atoms with Gasteiger partial charge in [0.1, 0.15) is 0 Å². The van der Waals surface area contributed by atoms with Crippen molar-refractivity contribution in [3.05, 3.63) is 23.8 Å². The molecule has 0 radical (unpaired) electrons. The fraction of sp³-hybridized carbons (Fsp3) is 0.364. The summed E-state index contributed by atoms with van der Waals surface area (Å²) in [7, 11) is 3.17. The van der Waals surface area contributed by atoms with E-state index in [2.05, 4.69) is 6.07 Å². The van der Waals surface area contributed by atoms with E-state index in [1.165, 1.54) is 0 Å². The number of rotatable bonds is 3. The SMILES string of the molecule is COc1ccc([C@H](C)C#N)cc1OC. The molecule has 14 heavy (non-hydrogen) atoms. The Labute approximate surface area is 83.9 Å². The molecular weight excluding hydrogens is 178 g/mol. The number of nitrogens with zero attached hydrogens (tertiary/aromatic N) is 1. The van der Waals surface area contributed by atoms with Crippen molar-refractivity contribution in [1.82, 2.24) is 0 Å². The van der Waals surface area contributed by atoms with Gasteiger partial charge in [0.15, 0.2) is 11.5 Å². The first-order valence-electron chi connectivity index (χ1n) is 4.34. The fourth-order valence-electron chi connectivity index (χ4n) is 1.20. The molecule has 0 heterocycles. The summed E-state index contributed by atoms with van der Waals surface area (Å²) in [6.07, 6.45) is 0. The minimum atomic E-state index is -0.130. The molecule has 0 saturated heterocycles. The summed E-state index contributed by atoms with van der Waals surface area (Å²) in [6.45, 7) is 1.85. The maximum Gasteiger partial charge on any atom is 0.161 e. The first-order chi connectivity index (χ1) is 6.72. The lowest BCUT2D eigenvalue weighted by Gasteiger charge is -2.10.